The summed E-state index contributed by atoms with van der Waals surface area (Å²) >= 11 is 0. The highest BCUT2D eigenvalue weighted by Gasteiger charge is 2.19. The Labute approximate surface area is 101 Å². The van der Waals surface area contributed by atoms with Crippen LogP contribution in [-0.4, -0.2) is 25.2 Å². The molecule has 0 aliphatic carbocycles. The third kappa shape index (κ3) is 3.82. The number of amides is 1. The topological polar surface area (TPSA) is 38.3 Å². The monoisotopic (exact) mass is 239 g/mol. The van der Waals surface area contributed by atoms with Gasteiger partial charge >= 0.3 is 0 Å². The maximum atomic E-state index is 13.5. The Morgan fingerprint density at radius 1 is 1.47 bits per heavy atom. The van der Waals surface area contributed by atoms with E-state index in [0.717, 1.165) is 5.56 Å². The molecule has 0 spiro atoms. The van der Waals surface area contributed by atoms with Crippen LogP contribution in [0.4, 0.5) is 4.39 Å². The fraction of sp³-hybridized carbons (Fsp3) is 0.462. The van der Waals surface area contributed by atoms with Crippen molar-refractivity contribution in [3.63, 3.8) is 0 Å². The summed E-state index contributed by atoms with van der Waals surface area (Å²) in [5, 5.41) is 2.65. The van der Waals surface area contributed by atoms with E-state index in [4.69, 9.17) is 4.74 Å². The van der Waals surface area contributed by atoms with Gasteiger partial charge in [-0.15, -0.1) is 0 Å². The lowest BCUT2D eigenvalue weighted by Crippen LogP contribution is -2.40. The quantitative estimate of drug-likeness (QED) is 0.875. The molecular formula is C13H18FNO2. The summed E-state index contributed by atoms with van der Waals surface area (Å²) in [6.07, 6.45) is 0. The van der Waals surface area contributed by atoms with E-state index in [0.29, 0.717) is 6.54 Å². The van der Waals surface area contributed by atoms with Crippen LogP contribution < -0.4 is 5.32 Å². The normalized spacial score (nSPS) is 11.4. The van der Waals surface area contributed by atoms with Crippen molar-refractivity contribution in [3.8, 4) is 0 Å². The van der Waals surface area contributed by atoms with E-state index in [1.165, 1.54) is 12.1 Å². The minimum absolute atomic E-state index is 0.0579. The number of carbonyl (C=O) groups excluding carboxylic acids is 1. The van der Waals surface area contributed by atoms with Crippen LogP contribution in [0, 0.1) is 12.7 Å². The largest absolute Gasteiger partial charge is 0.377 e. The number of ether oxygens (including phenoxy) is 1. The summed E-state index contributed by atoms with van der Waals surface area (Å²) in [4.78, 5) is 11.7. The summed E-state index contributed by atoms with van der Waals surface area (Å²) in [6, 6.07) is 4.54. The van der Waals surface area contributed by atoms with Crippen molar-refractivity contribution in [3.05, 3.63) is 35.1 Å². The van der Waals surface area contributed by atoms with Gasteiger partial charge in [-0.1, -0.05) is 6.07 Å². The van der Waals surface area contributed by atoms with Crippen LogP contribution >= 0.6 is 0 Å². The molecule has 0 aliphatic rings. The molecule has 1 rings (SSSR count). The van der Waals surface area contributed by atoms with Gasteiger partial charge in [-0.2, -0.15) is 0 Å². The Morgan fingerprint density at radius 2 is 2.12 bits per heavy atom. The third-order valence-electron chi connectivity index (χ3n) is 2.60. The molecule has 1 N–H and O–H groups in total. The van der Waals surface area contributed by atoms with Gasteiger partial charge in [0, 0.05) is 13.7 Å². The molecule has 0 bridgehead atoms. The lowest BCUT2D eigenvalue weighted by atomic mass is 10.1. The van der Waals surface area contributed by atoms with Crippen molar-refractivity contribution < 1.29 is 13.9 Å². The number of methoxy groups -OCH3 is 1. The molecule has 1 aromatic rings. The van der Waals surface area contributed by atoms with Crippen LogP contribution in [0.3, 0.4) is 0 Å². The first-order valence-electron chi connectivity index (χ1n) is 5.45. The van der Waals surface area contributed by atoms with E-state index in [2.05, 4.69) is 5.32 Å². The zero-order valence-electron chi connectivity index (χ0n) is 10.6. The fourth-order valence-corrected chi connectivity index (χ4v) is 1.26. The van der Waals surface area contributed by atoms with E-state index < -0.39 is 17.3 Å². The van der Waals surface area contributed by atoms with Crippen molar-refractivity contribution in [2.75, 3.05) is 13.7 Å². The summed E-state index contributed by atoms with van der Waals surface area (Å²) in [5.74, 6) is -0.926. The van der Waals surface area contributed by atoms with Crippen molar-refractivity contribution in [1.29, 1.82) is 0 Å². The first-order valence-corrected chi connectivity index (χ1v) is 5.45. The maximum absolute atomic E-state index is 13.5. The number of hydrogen-bond acceptors (Lipinski definition) is 2. The highest BCUT2D eigenvalue weighted by Crippen LogP contribution is 2.11. The van der Waals surface area contributed by atoms with E-state index in [-0.39, 0.29) is 5.56 Å². The molecule has 0 saturated heterocycles. The van der Waals surface area contributed by atoms with Crippen molar-refractivity contribution >= 4 is 5.91 Å². The molecule has 1 amide bonds. The van der Waals surface area contributed by atoms with E-state index in [1.54, 1.807) is 20.1 Å². The Kier molecular flexibility index (Phi) is 4.23. The molecular weight excluding hydrogens is 221 g/mol. The SMILES string of the molecule is COC(C)(C)CNC(=O)c1ccc(C)cc1F. The minimum Gasteiger partial charge on any atom is -0.377 e. The average molecular weight is 239 g/mol. The average Bonchev–Trinajstić information content (AvgIpc) is 2.26. The van der Waals surface area contributed by atoms with Gasteiger partial charge in [0.1, 0.15) is 5.82 Å². The van der Waals surface area contributed by atoms with Gasteiger partial charge in [0.25, 0.3) is 5.91 Å². The molecule has 0 heterocycles. The van der Waals surface area contributed by atoms with Gasteiger partial charge < -0.3 is 10.1 Å². The molecule has 4 heteroatoms. The van der Waals surface area contributed by atoms with E-state index >= 15 is 0 Å². The first kappa shape index (κ1) is 13.6. The summed E-state index contributed by atoms with van der Waals surface area (Å²) in [5.41, 5.74) is 0.385. The standard InChI is InChI=1S/C13H18FNO2/c1-9-5-6-10(11(14)7-9)12(16)15-8-13(2,3)17-4/h5-7H,8H2,1-4H3,(H,15,16). The Morgan fingerprint density at radius 3 is 2.65 bits per heavy atom. The highest BCUT2D eigenvalue weighted by molar-refractivity contribution is 5.94. The molecule has 0 aliphatic heterocycles. The van der Waals surface area contributed by atoms with Crippen molar-refractivity contribution in [1.82, 2.24) is 5.32 Å². The number of carbonyl (C=O) groups is 1. The number of benzene rings is 1. The lowest BCUT2D eigenvalue weighted by molar-refractivity contribution is 0.0228. The predicted octanol–water partition coefficient (Wildman–Crippen LogP) is 2.29. The predicted molar refractivity (Wildman–Crippen MR) is 64.6 cm³/mol. The molecule has 1 aromatic carbocycles. The van der Waals surface area contributed by atoms with Gasteiger partial charge in [-0.3, -0.25) is 4.79 Å². The second-order valence-corrected chi connectivity index (χ2v) is 4.63. The van der Waals surface area contributed by atoms with Gasteiger partial charge in [0.05, 0.1) is 11.2 Å². The van der Waals surface area contributed by atoms with E-state index in [9.17, 15) is 9.18 Å². The van der Waals surface area contributed by atoms with Gasteiger partial charge in [0.2, 0.25) is 0 Å². The van der Waals surface area contributed by atoms with E-state index in [1.807, 2.05) is 13.8 Å². The van der Waals surface area contributed by atoms with Gasteiger partial charge in [-0.25, -0.2) is 4.39 Å². The highest BCUT2D eigenvalue weighted by atomic mass is 19.1. The number of halogens is 1. The summed E-state index contributed by atoms with van der Waals surface area (Å²) < 4.78 is 18.7. The summed E-state index contributed by atoms with van der Waals surface area (Å²) in [7, 11) is 1.57. The van der Waals surface area contributed by atoms with Crippen molar-refractivity contribution in [2.24, 2.45) is 0 Å². The maximum Gasteiger partial charge on any atom is 0.254 e. The zero-order chi connectivity index (χ0) is 13.1. The zero-order valence-corrected chi connectivity index (χ0v) is 10.6. The second kappa shape index (κ2) is 5.27. The smallest absolute Gasteiger partial charge is 0.254 e. The third-order valence-corrected chi connectivity index (χ3v) is 2.60. The van der Waals surface area contributed by atoms with Crippen LogP contribution in [0.1, 0.15) is 29.8 Å². The number of rotatable bonds is 4. The molecule has 3 nitrogen and oxygen atoms in total. The van der Waals surface area contributed by atoms with Gasteiger partial charge in [-0.05, 0) is 38.5 Å². The van der Waals surface area contributed by atoms with Crippen LogP contribution in [0.5, 0.6) is 0 Å². The molecule has 17 heavy (non-hydrogen) atoms. The molecule has 0 radical (unpaired) electrons. The Hall–Kier alpha value is -1.42. The Bertz CT molecular complexity index is 416. The lowest BCUT2D eigenvalue weighted by Gasteiger charge is -2.23. The molecule has 0 atom stereocenters. The van der Waals surface area contributed by atoms with Crippen LogP contribution in [0.15, 0.2) is 18.2 Å². The fourth-order valence-electron chi connectivity index (χ4n) is 1.26. The molecule has 0 aromatic heterocycles. The number of nitrogens with one attached hydrogen (secondary N) is 1. The van der Waals surface area contributed by atoms with Crippen LogP contribution in [0.2, 0.25) is 0 Å². The molecule has 0 unspecified atom stereocenters. The summed E-state index contributed by atoms with van der Waals surface area (Å²) in [6.45, 7) is 5.80. The number of aryl methyl sites for hydroxylation is 1. The van der Waals surface area contributed by atoms with Crippen LogP contribution in [0.25, 0.3) is 0 Å². The molecule has 0 fully saturated rings. The van der Waals surface area contributed by atoms with Gasteiger partial charge in [0.15, 0.2) is 0 Å². The van der Waals surface area contributed by atoms with Crippen LogP contribution in [-0.2, 0) is 4.74 Å². The van der Waals surface area contributed by atoms with Crippen molar-refractivity contribution in [2.45, 2.75) is 26.4 Å². The minimum atomic E-state index is -0.502. The second-order valence-electron chi connectivity index (χ2n) is 4.63. The molecule has 94 valence electrons. The first-order chi connectivity index (χ1) is 7.85. The Balaban J connectivity index is 2.71. The molecule has 0 saturated carbocycles. The number of hydrogen-bond donors (Lipinski definition) is 1.